The number of amides is 2. The summed E-state index contributed by atoms with van der Waals surface area (Å²) in [6, 6.07) is 5.62. The summed E-state index contributed by atoms with van der Waals surface area (Å²) >= 11 is 1.45. The zero-order chi connectivity index (χ0) is 21.0. The number of piperidine rings is 1. The lowest BCUT2D eigenvalue weighted by atomic mass is 10.1. The Labute approximate surface area is 174 Å². The maximum absolute atomic E-state index is 12.1. The first-order valence-electron chi connectivity index (χ1n) is 9.65. The topological polar surface area (TPSA) is 110 Å². The largest absolute Gasteiger partial charge is 0.444 e. The lowest BCUT2D eigenvalue weighted by Gasteiger charge is -2.33. The van der Waals surface area contributed by atoms with Gasteiger partial charge in [-0.15, -0.1) is 11.3 Å². The van der Waals surface area contributed by atoms with Crippen LogP contribution in [0.2, 0.25) is 0 Å². The van der Waals surface area contributed by atoms with Gasteiger partial charge in [0.05, 0.1) is 0 Å². The van der Waals surface area contributed by atoms with Crippen LogP contribution >= 0.6 is 11.3 Å². The third kappa shape index (κ3) is 5.90. The Bertz CT molecular complexity index is 863. The third-order valence-corrected chi connectivity index (χ3v) is 5.52. The number of thiazole rings is 1. The molecule has 0 spiro atoms. The highest BCUT2D eigenvalue weighted by molar-refractivity contribution is 7.16. The van der Waals surface area contributed by atoms with E-state index in [0.717, 1.165) is 35.1 Å². The van der Waals surface area contributed by atoms with Crippen LogP contribution in [0.3, 0.4) is 0 Å². The summed E-state index contributed by atoms with van der Waals surface area (Å²) in [6.45, 7) is 6.92. The number of hydrogen-bond acceptors (Lipinski definition) is 7. The highest BCUT2D eigenvalue weighted by atomic mass is 32.1. The van der Waals surface area contributed by atoms with Gasteiger partial charge >= 0.3 is 6.09 Å². The average Bonchev–Trinajstić information content (AvgIpc) is 3.05. The minimum Gasteiger partial charge on any atom is -0.444 e. The van der Waals surface area contributed by atoms with Gasteiger partial charge in [0.25, 0.3) is 5.91 Å². The van der Waals surface area contributed by atoms with Crippen molar-refractivity contribution >= 4 is 28.5 Å². The maximum Gasteiger partial charge on any atom is 0.407 e. The van der Waals surface area contributed by atoms with Crippen molar-refractivity contribution in [1.29, 1.82) is 0 Å². The number of nitrogens with zero attached hydrogens (tertiary/aromatic N) is 3. The number of aromatic nitrogens is 2. The van der Waals surface area contributed by atoms with Crippen LogP contribution in [-0.2, 0) is 11.2 Å². The van der Waals surface area contributed by atoms with Crippen molar-refractivity contribution in [3.63, 3.8) is 0 Å². The van der Waals surface area contributed by atoms with E-state index in [9.17, 15) is 9.59 Å². The molecule has 2 aromatic rings. The Balaban J connectivity index is 1.71. The third-order valence-electron chi connectivity index (χ3n) is 4.40. The summed E-state index contributed by atoms with van der Waals surface area (Å²) in [6.07, 6.45) is 3.58. The molecule has 156 valence electrons. The van der Waals surface area contributed by atoms with Gasteiger partial charge in [-0.3, -0.25) is 9.78 Å². The SMILES string of the molecule is CC(C)(C)OC(=O)N[C@@H]1CCCN(c2nc(C(N)=O)c(Cc3ccccn3)s2)C1. The van der Waals surface area contributed by atoms with Crippen LogP contribution in [0, 0.1) is 0 Å². The number of carbonyl (C=O) groups excluding carboxylic acids is 2. The number of nitrogens with two attached hydrogens (primary N) is 1. The smallest absolute Gasteiger partial charge is 0.407 e. The molecule has 3 heterocycles. The first-order valence-corrected chi connectivity index (χ1v) is 10.5. The minimum atomic E-state index is -0.543. The van der Waals surface area contributed by atoms with Crippen molar-refractivity contribution in [2.24, 2.45) is 5.73 Å². The summed E-state index contributed by atoms with van der Waals surface area (Å²) in [7, 11) is 0. The van der Waals surface area contributed by atoms with Gasteiger partial charge in [0, 0.05) is 42.3 Å². The van der Waals surface area contributed by atoms with E-state index in [-0.39, 0.29) is 11.7 Å². The normalized spacial score (nSPS) is 17.1. The number of nitrogens with one attached hydrogen (secondary N) is 1. The van der Waals surface area contributed by atoms with Crippen LogP contribution in [0.1, 0.15) is 54.7 Å². The number of pyridine rings is 1. The summed E-state index contributed by atoms with van der Waals surface area (Å²) in [5, 5.41) is 3.67. The number of rotatable bonds is 5. The predicted octanol–water partition coefficient (Wildman–Crippen LogP) is 2.72. The molecule has 8 nitrogen and oxygen atoms in total. The van der Waals surface area contributed by atoms with Gasteiger partial charge in [0.1, 0.15) is 11.3 Å². The van der Waals surface area contributed by atoms with E-state index < -0.39 is 17.6 Å². The molecule has 9 heteroatoms. The van der Waals surface area contributed by atoms with E-state index in [1.54, 1.807) is 6.20 Å². The number of ether oxygens (including phenoxy) is 1. The molecule has 1 aliphatic heterocycles. The molecule has 1 saturated heterocycles. The summed E-state index contributed by atoms with van der Waals surface area (Å²) < 4.78 is 5.35. The zero-order valence-corrected chi connectivity index (χ0v) is 17.8. The molecule has 0 aromatic carbocycles. The van der Waals surface area contributed by atoms with Crippen molar-refractivity contribution < 1.29 is 14.3 Å². The van der Waals surface area contributed by atoms with Crippen molar-refractivity contribution in [2.75, 3.05) is 18.0 Å². The second-order valence-electron chi connectivity index (χ2n) is 8.06. The van der Waals surface area contributed by atoms with E-state index in [4.69, 9.17) is 10.5 Å². The Morgan fingerprint density at radius 2 is 2.17 bits per heavy atom. The van der Waals surface area contributed by atoms with Gasteiger partial charge in [-0.1, -0.05) is 6.07 Å². The molecule has 3 N–H and O–H groups in total. The Hall–Kier alpha value is -2.68. The predicted molar refractivity (Wildman–Crippen MR) is 112 cm³/mol. The molecular weight excluding hydrogens is 390 g/mol. The number of carbonyl (C=O) groups is 2. The van der Waals surface area contributed by atoms with Gasteiger partial charge in [-0.25, -0.2) is 9.78 Å². The highest BCUT2D eigenvalue weighted by Gasteiger charge is 2.27. The summed E-state index contributed by atoms with van der Waals surface area (Å²) in [5.41, 5.74) is 6.16. The first-order chi connectivity index (χ1) is 13.7. The standard InChI is InChI=1S/C20H27N5O3S/c1-20(2,3)28-19(27)23-14-8-6-10-25(12-14)18-24-16(17(21)26)15(29-18)11-13-7-4-5-9-22-13/h4-5,7,9,14H,6,8,10-12H2,1-3H3,(H2,21,26)(H,23,27)/t14-/m1/s1. The van der Waals surface area contributed by atoms with Crippen molar-refractivity contribution in [2.45, 2.75) is 51.7 Å². The van der Waals surface area contributed by atoms with E-state index in [1.165, 1.54) is 11.3 Å². The second-order valence-corrected chi connectivity index (χ2v) is 9.12. The molecule has 29 heavy (non-hydrogen) atoms. The Morgan fingerprint density at radius 1 is 1.38 bits per heavy atom. The molecule has 0 bridgehead atoms. The highest BCUT2D eigenvalue weighted by Crippen LogP contribution is 2.30. The number of alkyl carbamates (subject to hydrolysis) is 1. The van der Waals surface area contributed by atoms with Crippen LogP contribution in [0.4, 0.5) is 9.93 Å². The Kier molecular flexibility index (Phi) is 6.36. The maximum atomic E-state index is 12.1. The van der Waals surface area contributed by atoms with Gasteiger partial charge in [0.2, 0.25) is 0 Å². The van der Waals surface area contributed by atoms with Gasteiger partial charge in [0.15, 0.2) is 5.13 Å². The monoisotopic (exact) mass is 417 g/mol. The van der Waals surface area contributed by atoms with Crippen molar-refractivity contribution in [3.05, 3.63) is 40.7 Å². The van der Waals surface area contributed by atoms with E-state index >= 15 is 0 Å². The number of anilines is 1. The zero-order valence-electron chi connectivity index (χ0n) is 17.0. The van der Waals surface area contributed by atoms with E-state index in [0.29, 0.717) is 13.0 Å². The molecular formula is C20H27N5O3S. The minimum absolute atomic E-state index is 0.0428. The fraction of sp³-hybridized carbons (Fsp3) is 0.500. The van der Waals surface area contributed by atoms with Gasteiger partial charge < -0.3 is 20.7 Å². The molecule has 1 atom stereocenters. The van der Waals surface area contributed by atoms with Gasteiger partial charge in [-0.05, 0) is 45.7 Å². The Morgan fingerprint density at radius 3 is 2.83 bits per heavy atom. The summed E-state index contributed by atoms with van der Waals surface area (Å²) in [4.78, 5) is 35.7. The van der Waals surface area contributed by atoms with Crippen molar-refractivity contribution in [1.82, 2.24) is 15.3 Å². The molecule has 2 amide bonds. The lowest BCUT2D eigenvalue weighted by molar-refractivity contribution is 0.0500. The fourth-order valence-corrected chi connectivity index (χ4v) is 4.31. The van der Waals surface area contributed by atoms with Crippen molar-refractivity contribution in [3.8, 4) is 0 Å². The molecule has 0 saturated carbocycles. The second kappa shape index (κ2) is 8.77. The molecule has 2 aromatic heterocycles. The molecule has 0 unspecified atom stereocenters. The van der Waals surface area contributed by atoms with E-state index in [2.05, 4.69) is 20.2 Å². The number of primary amides is 1. The molecule has 1 fully saturated rings. The van der Waals surface area contributed by atoms with Crippen LogP contribution in [0.25, 0.3) is 0 Å². The number of hydrogen-bond donors (Lipinski definition) is 2. The molecule has 0 radical (unpaired) electrons. The molecule has 1 aliphatic rings. The lowest BCUT2D eigenvalue weighted by Crippen LogP contribution is -2.49. The first kappa shape index (κ1) is 21.0. The fourth-order valence-electron chi connectivity index (χ4n) is 3.20. The quantitative estimate of drug-likeness (QED) is 0.774. The van der Waals surface area contributed by atoms with Crippen LogP contribution in [0.5, 0.6) is 0 Å². The van der Waals surface area contributed by atoms with Gasteiger partial charge in [-0.2, -0.15) is 0 Å². The molecule has 3 rings (SSSR count). The molecule has 0 aliphatic carbocycles. The van der Waals surface area contributed by atoms with Crippen LogP contribution in [-0.4, -0.2) is 46.7 Å². The summed E-state index contributed by atoms with van der Waals surface area (Å²) in [5.74, 6) is -0.543. The van der Waals surface area contributed by atoms with E-state index in [1.807, 2.05) is 39.0 Å². The van der Waals surface area contributed by atoms with Crippen LogP contribution < -0.4 is 16.0 Å². The van der Waals surface area contributed by atoms with Crippen LogP contribution in [0.15, 0.2) is 24.4 Å². The average molecular weight is 418 g/mol.